The molecule has 0 aromatic heterocycles. The number of ketones is 2. The molecule has 3 aliphatic carbocycles. The van der Waals surface area contributed by atoms with Gasteiger partial charge in [-0.3, -0.25) is 9.59 Å². The quantitative estimate of drug-likeness (QED) is 0.426. The third-order valence-corrected chi connectivity index (χ3v) is 10.0. The summed E-state index contributed by atoms with van der Waals surface area (Å²) in [4.78, 5) is 26.2. The Hall–Kier alpha value is -1.22. The molecule has 0 bridgehead atoms. The predicted octanol–water partition coefficient (Wildman–Crippen LogP) is 6.69. The lowest BCUT2D eigenvalue weighted by Crippen LogP contribution is -2.49. The van der Waals surface area contributed by atoms with Crippen LogP contribution in [-0.4, -0.2) is 22.8 Å². The zero-order valence-electron chi connectivity index (χ0n) is 21.2. The molecule has 0 amide bonds. The van der Waals surface area contributed by atoms with E-state index in [2.05, 4.69) is 47.8 Å². The molecule has 0 radical (unpaired) electrons. The predicted molar refractivity (Wildman–Crippen MR) is 131 cm³/mol. The van der Waals surface area contributed by atoms with E-state index in [1.807, 2.05) is 0 Å². The molecule has 0 aromatic rings. The number of Topliss-reactive ketones (excluding diaryl/α,β-unsaturated/α-hetero) is 2. The minimum atomic E-state index is -0.429. The van der Waals surface area contributed by atoms with E-state index in [9.17, 15) is 14.7 Å². The van der Waals surface area contributed by atoms with Gasteiger partial charge in [-0.25, -0.2) is 0 Å². The molecular formula is C29H46O3. The maximum absolute atomic E-state index is 13.1. The van der Waals surface area contributed by atoms with Gasteiger partial charge in [-0.1, -0.05) is 53.3 Å². The van der Waals surface area contributed by atoms with Crippen LogP contribution in [0, 0.1) is 40.4 Å². The number of fused-ring (bicyclic) bond motifs is 1. The largest absolute Gasteiger partial charge is 0.389 e. The molecule has 0 heterocycles. The highest BCUT2D eigenvalue weighted by molar-refractivity contribution is 5.87. The standard InChI is InChI=1S/C29H46O3/c1-18(2)19(3)8-9-20(4)22-11-13-27(32)29(22,7)16-14-24-26(31)12-10-23-21(5)25(30)15-17-28(23,24)6/h18,20,22-25,30H,3,5,8-17H2,1-2,4,6-7H3/t20-,22-,23+,24+,25+,28+,29-/m1/s1. The number of aliphatic hydroxyl groups is 1. The Morgan fingerprint density at radius 3 is 2.47 bits per heavy atom. The van der Waals surface area contributed by atoms with Crippen LogP contribution < -0.4 is 0 Å². The maximum atomic E-state index is 13.1. The van der Waals surface area contributed by atoms with Crippen molar-refractivity contribution in [1.82, 2.24) is 0 Å². The average molecular weight is 443 g/mol. The van der Waals surface area contributed by atoms with Gasteiger partial charge >= 0.3 is 0 Å². The van der Waals surface area contributed by atoms with Crippen molar-refractivity contribution in [3.05, 3.63) is 24.3 Å². The normalized spacial score (nSPS) is 38.8. The van der Waals surface area contributed by atoms with Gasteiger partial charge in [-0.15, -0.1) is 0 Å². The first-order valence-corrected chi connectivity index (χ1v) is 13.0. The molecule has 1 N–H and O–H groups in total. The van der Waals surface area contributed by atoms with E-state index in [1.54, 1.807) is 0 Å². The van der Waals surface area contributed by atoms with E-state index in [0.717, 1.165) is 50.5 Å². The summed E-state index contributed by atoms with van der Waals surface area (Å²) in [5.41, 5.74) is 1.78. The van der Waals surface area contributed by atoms with Crippen LogP contribution in [0.5, 0.6) is 0 Å². The van der Waals surface area contributed by atoms with Crippen molar-refractivity contribution in [2.24, 2.45) is 40.4 Å². The number of rotatable bonds is 8. The zero-order chi connectivity index (χ0) is 23.8. The molecule has 3 aliphatic rings. The fraction of sp³-hybridized carbons (Fsp3) is 0.793. The Balaban J connectivity index is 1.72. The van der Waals surface area contributed by atoms with Crippen LogP contribution >= 0.6 is 0 Å². The highest BCUT2D eigenvalue weighted by Crippen LogP contribution is 2.57. The average Bonchev–Trinajstić information content (AvgIpc) is 3.03. The van der Waals surface area contributed by atoms with Gasteiger partial charge in [-0.05, 0) is 86.0 Å². The summed E-state index contributed by atoms with van der Waals surface area (Å²) in [6.45, 7) is 19.6. The Kier molecular flexibility index (Phi) is 7.59. The lowest BCUT2D eigenvalue weighted by Gasteiger charge is -2.52. The number of hydrogen-bond acceptors (Lipinski definition) is 3. The molecule has 0 spiro atoms. The summed E-state index contributed by atoms with van der Waals surface area (Å²) >= 11 is 0. The van der Waals surface area contributed by atoms with Gasteiger partial charge in [0.05, 0.1) is 6.10 Å². The monoisotopic (exact) mass is 442 g/mol. The highest BCUT2D eigenvalue weighted by Gasteiger charge is 2.53. The van der Waals surface area contributed by atoms with Gasteiger partial charge in [0, 0.05) is 24.2 Å². The molecule has 180 valence electrons. The van der Waals surface area contributed by atoms with E-state index >= 15 is 0 Å². The van der Waals surface area contributed by atoms with Crippen molar-refractivity contribution < 1.29 is 14.7 Å². The summed E-state index contributed by atoms with van der Waals surface area (Å²) in [6, 6.07) is 0. The van der Waals surface area contributed by atoms with Crippen LogP contribution in [0.25, 0.3) is 0 Å². The fourth-order valence-electron chi connectivity index (χ4n) is 7.40. The third kappa shape index (κ3) is 4.56. The van der Waals surface area contributed by atoms with Crippen molar-refractivity contribution in [3.8, 4) is 0 Å². The molecule has 0 saturated heterocycles. The molecule has 0 aliphatic heterocycles. The Bertz CT molecular complexity index is 764. The number of carbonyl (C=O) groups excluding carboxylic acids is 2. The minimum Gasteiger partial charge on any atom is -0.389 e. The van der Waals surface area contributed by atoms with Crippen LogP contribution in [0.3, 0.4) is 0 Å². The van der Waals surface area contributed by atoms with Crippen LogP contribution in [0.2, 0.25) is 0 Å². The molecule has 0 unspecified atom stereocenters. The second kappa shape index (κ2) is 9.57. The molecular weight excluding hydrogens is 396 g/mol. The number of aliphatic hydroxyl groups excluding tert-OH is 1. The summed E-state index contributed by atoms with van der Waals surface area (Å²) in [5, 5.41) is 10.3. The second-order valence-electron chi connectivity index (χ2n) is 12.1. The van der Waals surface area contributed by atoms with Crippen LogP contribution in [0.1, 0.15) is 98.8 Å². The van der Waals surface area contributed by atoms with E-state index in [1.165, 1.54) is 5.57 Å². The fourth-order valence-corrected chi connectivity index (χ4v) is 7.40. The van der Waals surface area contributed by atoms with Crippen molar-refractivity contribution >= 4 is 11.6 Å². The smallest absolute Gasteiger partial charge is 0.139 e. The molecule has 3 heteroatoms. The maximum Gasteiger partial charge on any atom is 0.139 e. The summed E-state index contributed by atoms with van der Waals surface area (Å²) in [7, 11) is 0. The number of allylic oxidation sites excluding steroid dienone is 1. The van der Waals surface area contributed by atoms with E-state index in [-0.39, 0.29) is 22.7 Å². The summed E-state index contributed by atoms with van der Waals surface area (Å²) in [5.74, 6) is 2.33. The molecule has 32 heavy (non-hydrogen) atoms. The van der Waals surface area contributed by atoms with Crippen LogP contribution in [-0.2, 0) is 9.59 Å². The first-order valence-electron chi connectivity index (χ1n) is 13.0. The van der Waals surface area contributed by atoms with Gasteiger partial charge in [0.25, 0.3) is 0 Å². The van der Waals surface area contributed by atoms with Crippen LogP contribution in [0.4, 0.5) is 0 Å². The van der Waals surface area contributed by atoms with Crippen molar-refractivity contribution in [2.45, 2.75) is 105 Å². The van der Waals surface area contributed by atoms with Gasteiger partial charge in [0.1, 0.15) is 11.6 Å². The topological polar surface area (TPSA) is 54.4 Å². The van der Waals surface area contributed by atoms with Gasteiger partial charge in [0.15, 0.2) is 0 Å². The molecule has 0 aromatic carbocycles. The Morgan fingerprint density at radius 1 is 1.12 bits per heavy atom. The molecule has 3 fully saturated rings. The first kappa shape index (κ1) is 25.4. The summed E-state index contributed by atoms with van der Waals surface area (Å²) in [6.07, 6.45) is 7.91. The lowest BCUT2D eigenvalue weighted by atomic mass is 9.52. The third-order valence-electron chi connectivity index (χ3n) is 10.0. The van der Waals surface area contributed by atoms with Crippen molar-refractivity contribution in [3.63, 3.8) is 0 Å². The van der Waals surface area contributed by atoms with Crippen molar-refractivity contribution in [1.29, 1.82) is 0 Å². The minimum absolute atomic E-state index is 0.0209. The molecule has 3 nitrogen and oxygen atoms in total. The van der Waals surface area contributed by atoms with E-state index in [0.29, 0.717) is 48.6 Å². The van der Waals surface area contributed by atoms with E-state index < -0.39 is 6.10 Å². The second-order valence-corrected chi connectivity index (χ2v) is 12.1. The first-order chi connectivity index (χ1) is 14.9. The zero-order valence-corrected chi connectivity index (χ0v) is 21.2. The van der Waals surface area contributed by atoms with Gasteiger partial charge in [0.2, 0.25) is 0 Å². The lowest BCUT2D eigenvalue weighted by molar-refractivity contribution is -0.137. The SMILES string of the molecule is C=C(CC[C@@H](C)[C@H]1CCC(=O)[C@]1(C)CC[C@H]1C(=O)CC[C@H]2C(=C)[C@@H](O)CC[C@@]21C)C(C)C. The molecule has 7 atom stereocenters. The Labute approximate surface area is 196 Å². The van der Waals surface area contributed by atoms with Crippen LogP contribution in [0.15, 0.2) is 24.3 Å². The van der Waals surface area contributed by atoms with Gasteiger partial charge < -0.3 is 5.11 Å². The molecule has 3 rings (SSSR count). The number of hydrogen-bond donors (Lipinski definition) is 1. The highest BCUT2D eigenvalue weighted by atomic mass is 16.3. The van der Waals surface area contributed by atoms with Crippen molar-refractivity contribution in [2.75, 3.05) is 0 Å². The Morgan fingerprint density at radius 2 is 1.81 bits per heavy atom. The summed E-state index contributed by atoms with van der Waals surface area (Å²) < 4.78 is 0. The number of carbonyl (C=O) groups is 2. The van der Waals surface area contributed by atoms with E-state index in [4.69, 9.17) is 0 Å². The molecule has 3 saturated carbocycles. The van der Waals surface area contributed by atoms with Gasteiger partial charge in [-0.2, -0.15) is 0 Å².